The highest BCUT2D eigenvalue weighted by Gasteiger charge is 2.41. The highest BCUT2D eigenvalue weighted by Crippen LogP contribution is 2.42. The van der Waals surface area contributed by atoms with Gasteiger partial charge in [0.15, 0.2) is 0 Å². The minimum atomic E-state index is -0.0526. The van der Waals surface area contributed by atoms with Crippen LogP contribution in [0.4, 0.5) is 0 Å². The van der Waals surface area contributed by atoms with Crippen molar-refractivity contribution in [3.63, 3.8) is 0 Å². The highest BCUT2D eigenvalue weighted by atomic mass is 32.2. The second-order valence-electron chi connectivity index (χ2n) is 8.87. The molecular weight excluding hydrogens is 406 g/mol. The fraction of sp³-hybridized carbons (Fsp3) is 0.600. The van der Waals surface area contributed by atoms with Crippen molar-refractivity contribution in [3.8, 4) is 0 Å². The number of nitrogens with zero attached hydrogens (tertiary/aromatic N) is 2. The molecule has 0 spiro atoms. The fourth-order valence-electron chi connectivity index (χ4n) is 4.31. The van der Waals surface area contributed by atoms with E-state index in [-0.39, 0.29) is 24.4 Å². The smallest absolute Gasteiger partial charge is 0.261 e. The summed E-state index contributed by atoms with van der Waals surface area (Å²) in [5.41, 5.74) is 2.24. The van der Waals surface area contributed by atoms with E-state index in [1.807, 2.05) is 11.0 Å². The summed E-state index contributed by atoms with van der Waals surface area (Å²) >= 11 is 1.71. The number of carbonyl (C=O) groups excluding carboxylic acids is 2. The standard InChI is InChI=1S/C25H37N3O2S/c1-4-5-15-27(3)16-14-26-24(29)18-28-21-8-6-7-9-22(21)31-23(25(28)30)17-20-12-10-19(2)11-13-20/h10-13,17,21-22H,4-9,14-16,18H2,1-3H3,(H,26,29)/b23-17-. The Bertz CT molecular complexity index is 777. The molecule has 3 rings (SSSR count). The molecule has 6 heteroatoms. The average Bonchev–Trinajstić information content (AvgIpc) is 2.76. The zero-order valence-electron chi connectivity index (χ0n) is 19.2. The summed E-state index contributed by atoms with van der Waals surface area (Å²) in [7, 11) is 2.09. The lowest BCUT2D eigenvalue weighted by Crippen LogP contribution is -2.54. The van der Waals surface area contributed by atoms with Crippen molar-refractivity contribution in [2.24, 2.45) is 0 Å². The summed E-state index contributed by atoms with van der Waals surface area (Å²) in [5, 5.41) is 3.41. The van der Waals surface area contributed by atoms with Gasteiger partial charge in [-0.2, -0.15) is 0 Å². The third-order valence-corrected chi connectivity index (χ3v) is 7.62. The summed E-state index contributed by atoms with van der Waals surface area (Å²) < 4.78 is 0. The summed E-state index contributed by atoms with van der Waals surface area (Å²) in [6.07, 6.45) is 8.76. The van der Waals surface area contributed by atoms with Gasteiger partial charge in [0.2, 0.25) is 5.91 Å². The Hall–Kier alpha value is -1.79. The normalized spacial score (nSPS) is 22.6. The van der Waals surface area contributed by atoms with E-state index in [9.17, 15) is 9.59 Å². The maximum Gasteiger partial charge on any atom is 0.261 e. The number of carbonyl (C=O) groups is 2. The maximum absolute atomic E-state index is 13.3. The number of thioether (sulfide) groups is 1. The van der Waals surface area contributed by atoms with Gasteiger partial charge in [-0.05, 0) is 51.4 Å². The van der Waals surface area contributed by atoms with Crippen LogP contribution in [0.15, 0.2) is 29.2 Å². The number of nitrogens with one attached hydrogen (secondary N) is 1. The molecule has 31 heavy (non-hydrogen) atoms. The van der Waals surface area contributed by atoms with Crippen molar-refractivity contribution in [3.05, 3.63) is 40.3 Å². The van der Waals surface area contributed by atoms with Crippen LogP contribution in [-0.4, -0.2) is 66.1 Å². The minimum absolute atomic E-state index is 0.00365. The van der Waals surface area contributed by atoms with Crippen LogP contribution >= 0.6 is 11.8 Å². The number of benzene rings is 1. The summed E-state index contributed by atoms with van der Waals surface area (Å²) in [4.78, 5) is 30.9. The molecule has 170 valence electrons. The number of amides is 2. The third-order valence-electron chi connectivity index (χ3n) is 6.22. The molecule has 0 bridgehead atoms. The third kappa shape index (κ3) is 6.84. The molecule has 2 atom stereocenters. The quantitative estimate of drug-likeness (QED) is 0.585. The van der Waals surface area contributed by atoms with Crippen molar-refractivity contribution in [1.29, 1.82) is 0 Å². The van der Waals surface area contributed by atoms with Gasteiger partial charge in [-0.15, -0.1) is 11.8 Å². The molecule has 5 nitrogen and oxygen atoms in total. The Morgan fingerprint density at radius 1 is 1.23 bits per heavy atom. The SMILES string of the molecule is CCCCN(C)CCNC(=O)CN1C(=O)/C(=C/c2ccc(C)cc2)SC2CCCCC21. The second-order valence-corrected chi connectivity index (χ2v) is 10.1. The fourth-order valence-corrected chi connectivity index (χ4v) is 5.79. The van der Waals surface area contributed by atoms with Crippen LogP contribution in [0.5, 0.6) is 0 Å². The van der Waals surface area contributed by atoms with E-state index in [1.165, 1.54) is 24.8 Å². The number of unbranched alkanes of at least 4 members (excludes halogenated alkanes) is 1. The van der Waals surface area contributed by atoms with Crippen LogP contribution in [-0.2, 0) is 9.59 Å². The molecule has 0 aromatic heterocycles. The summed E-state index contributed by atoms with van der Waals surface area (Å²) in [6.45, 7) is 6.90. The van der Waals surface area contributed by atoms with Crippen LogP contribution < -0.4 is 5.32 Å². The molecule has 1 aromatic rings. The molecular formula is C25H37N3O2S. The lowest BCUT2D eigenvalue weighted by Gasteiger charge is -2.43. The first-order chi connectivity index (χ1) is 15.0. The van der Waals surface area contributed by atoms with E-state index in [2.05, 4.69) is 55.4 Å². The molecule has 2 amide bonds. The van der Waals surface area contributed by atoms with Gasteiger partial charge in [-0.25, -0.2) is 0 Å². The van der Waals surface area contributed by atoms with E-state index in [1.54, 1.807) is 11.8 Å². The van der Waals surface area contributed by atoms with Gasteiger partial charge < -0.3 is 15.1 Å². The molecule has 1 N–H and O–H groups in total. The van der Waals surface area contributed by atoms with Gasteiger partial charge in [-0.1, -0.05) is 56.0 Å². The molecule has 1 aliphatic heterocycles. The molecule has 2 fully saturated rings. The predicted octanol–water partition coefficient (Wildman–Crippen LogP) is 4.07. The lowest BCUT2D eigenvalue weighted by molar-refractivity contribution is -0.135. The topological polar surface area (TPSA) is 52.7 Å². The largest absolute Gasteiger partial charge is 0.353 e. The minimum Gasteiger partial charge on any atom is -0.353 e. The number of hydrogen-bond acceptors (Lipinski definition) is 4. The monoisotopic (exact) mass is 443 g/mol. The van der Waals surface area contributed by atoms with Gasteiger partial charge >= 0.3 is 0 Å². The Kier molecular flexibility index (Phi) is 9.02. The molecule has 2 unspecified atom stereocenters. The molecule has 1 aliphatic carbocycles. The van der Waals surface area contributed by atoms with E-state index in [0.29, 0.717) is 11.8 Å². The number of aryl methyl sites for hydroxylation is 1. The van der Waals surface area contributed by atoms with Gasteiger partial charge in [-0.3, -0.25) is 9.59 Å². The Morgan fingerprint density at radius 3 is 2.71 bits per heavy atom. The van der Waals surface area contributed by atoms with Crippen molar-refractivity contribution in [2.75, 3.05) is 33.2 Å². The molecule has 2 aliphatic rings. The van der Waals surface area contributed by atoms with Crippen molar-refractivity contribution in [2.45, 2.75) is 63.7 Å². The van der Waals surface area contributed by atoms with Crippen molar-refractivity contribution in [1.82, 2.24) is 15.1 Å². The number of fused-ring (bicyclic) bond motifs is 1. The molecule has 1 saturated heterocycles. The summed E-state index contributed by atoms with van der Waals surface area (Å²) in [5.74, 6) is -0.0490. The number of hydrogen-bond donors (Lipinski definition) is 1. The molecule has 0 radical (unpaired) electrons. The maximum atomic E-state index is 13.3. The van der Waals surface area contributed by atoms with Crippen LogP contribution in [0.1, 0.15) is 56.6 Å². The second kappa shape index (κ2) is 11.7. The zero-order chi connectivity index (χ0) is 22.2. The van der Waals surface area contributed by atoms with Crippen LogP contribution in [0.3, 0.4) is 0 Å². The van der Waals surface area contributed by atoms with E-state index in [0.717, 1.165) is 42.8 Å². The average molecular weight is 444 g/mol. The van der Waals surface area contributed by atoms with Gasteiger partial charge in [0.25, 0.3) is 5.91 Å². The first kappa shape index (κ1) is 23.9. The molecule has 1 saturated carbocycles. The van der Waals surface area contributed by atoms with Crippen molar-refractivity contribution >= 4 is 29.7 Å². The van der Waals surface area contributed by atoms with E-state index < -0.39 is 0 Å². The number of rotatable bonds is 9. The van der Waals surface area contributed by atoms with Crippen molar-refractivity contribution < 1.29 is 9.59 Å². The van der Waals surface area contributed by atoms with E-state index >= 15 is 0 Å². The first-order valence-electron chi connectivity index (χ1n) is 11.7. The van der Waals surface area contributed by atoms with Gasteiger partial charge in [0, 0.05) is 24.4 Å². The highest BCUT2D eigenvalue weighted by molar-refractivity contribution is 8.04. The molecule has 1 heterocycles. The zero-order valence-corrected chi connectivity index (χ0v) is 20.0. The molecule has 1 aromatic carbocycles. The number of likely N-dealkylation sites (N-methyl/N-ethyl adjacent to an activating group) is 1. The van der Waals surface area contributed by atoms with Gasteiger partial charge in [0.1, 0.15) is 6.54 Å². The lowest BCUT2D eigenvalue weighted by atomic mass is 9.93. The summed E-state index contributed by atoms with van der Waals surface area (Å²) in [6, 6.07) is 8.40. The van der Waals surface area contributed by atoms with E-state index in [4.69, 9.17) is 0 Å². The van der Waals surface area contributed by atoms with Crippen LogP contribution in [0.25, 0.3) is 6.08 Å². The van der Waals surface area contributed by atoms with Crippen LogP contribution in [0.2, 0.25) is 0 Å². The Morgan fingerprint density at radius 2 is 1.97 bits per heavy atom. The van der Waals surface area contributed by atoms with Gasteiger partial charge in [0.05, 0.1) is 4.91 Å². The Balaban J connectivity index is 1.64. The predicted molar refractivity (Wildman–Crippen MR) is 130 cm³/mol. The first-order valence-corrected chi connectivity index (χ1v) is 12.6. The van der Waals surface area contributed by atoms with Crippen LogP contribution in [0, 0.1) is 6.92 Å². The Labute approximate surface area is 191 Å².